The largest absolute Gasteiger partial charge is 0.346 e. The summed E-state index contributed by atoms with van der Waals surface area (Å²) in [5.74, 6) is 0.0428. The fraction of sp³-hybridized carbons (Fsp3) is 0.583. The SMILES string of the molecule is CCC(CC)(CC)NC(=O)c1ccc(Br)s1. The van der Waals surface area contributed by atoms with E-state index in [0.29, 0.717) is 0 Å². The Morgan fingerprint density at radius 3 is 2.25 bits per heavy atom. The smallest absolute Gasteiger partial charge is 0.261 e. The van der Waals surface area contributed by atoms with Crippen molar-refractivity contribution in [3.8, 4) is 0 Å². The lowest BCUT2D eigenvalue weighted by molar-refractivity contribution is 0.0892. The Bertz CT molecular complexity index is 349. The van der Waals surface area contributed by atoms with Crippen LogP contribution in [0.5, 0.6) is 0 Å². The van der Waals surface area contributed by atoms with Gasteiger partial charge in [0.1, 0.15) is 0 Å². The van der Waals surface area contributed by atoms with Crippen LogP contribution < -0.4 is 5.32 Å². The molecule has 16 heavy (non-hydrogen) atoms. The molecule has 1 aromatic rings. The van der Waals surface area contributed by atoms with Crippen LogP contribution in [0.3, 0.4) is 0 Å². The maximum atomic E-state index is 12.0. The Hall–Kier alpha value is -0.350. The van der Waals surface area contributed by atoms with Gasteiger partial charge in [-0.2, -0.15) is 0 Å². The van der Waals surface area contributed by atoms with Crippen molar-refractivity contribution in [3.63, 3.8) is 0 Å². The van der Waals surface area contributed by atoms with Crippen LogP contribution in [0.4, 0.5) is 0 Å². The quantitative estimate of drug-likeness (QED) is 0.867. The highest BCUT2D eigenvalue weighted by Gasteiger charge is 2.26. The molecule has 90 valence electrons. The maximum absolute atomic E-state index is 12.0. The standard InChI is InChI=1S/C12H18BrNOS/c1-4-12(5-2,6-3)14-11(15)9-7-8-10(13)16-9/h7-8H,4-6H2,1-3H3,(H,14,15). The fourth-order valence-electron chi connectivity index (χ4n) is 1.75. The number of thiophene rings is 1. The molecule has 0 spiro atoms. The molecular formula is C12H18BrNOS. The third-order valence-electron chi connectivity index (χ3n) is 3.21. The third kappa shape index (κ3) is 3.08. The van der Waals surface area contributed by atoms with Crippen LogP contribution in [-0.4, -0.2) is 11.4 Å². The molecule has 0 atom stereocenters. The van der Waals surface area contributed by atoms with Gasteiger partial charge < -0.3 is 5.32 Å². The van der Waals surface area contributed by atoms with E-state index in [1.165, 1.54) is 11.3 Å². The minimum Gasteiger partial charge on any atom is -0.346 e. The van der Waals surface area contributed by atoms with Crippen LogP contribution in [0.1, 0.15) is 49.7 Å². The van der Waals surface area contributed by atoms with Crippen LogP contribution in [0.25, 0.3) is 0 Å². The first-order valence-electron chi connectivity index (χ1n) is 5.64. The summed E-state index contributed by atoms with van der Waals surface area (Å²) in [6.07, 6.45) is 2.91. The summed E-state index contributed by atoms with van der Waals surface area (Å²) in [7, 11) is 0. The van der Waals surface area contributed by atoms with Gasteiger partial charge >= 0.3 is 0 Å². The normalized spacial score (nSPS) is 11.5. The van der Waals surface area contributed by atoms with Crippen molar-refractivity contribution in [1.82, 2.24) is 5.32 Å². The molecule has 2 nitrogen and oxygen atoms in total. The van der Waals surface area contributed by atoms with Crippen LogP contribution >= 0.6 is 27.3 Å². The first-order chi connectivity index (χ1) is 7.56. The summed E-state index contributed by atoms with van der Waals surface area (Å²) < 4.78 is 0.993. The molecule has 0 radical (unpaired) electrons. The summed E-state index contributed by atoms with van der Waals surface area (Å²) in [4.78, 5) is 12.8. The summed E-state index contributed by atoms with van der Waals surface area (Å²) in [6, 6.07) is 3.76. The lowest BCUT2D eigenvalue weighted by atomic mass is 9.90. The number of amides is 1. The first kappa shape index (κ1) is 13.7. The van der Waals surface area contributed by atoms with E-state index in [4.69, 9.17) is 0 Å². The van der Waals surface area contributed by atoms with Crippen molar-refractivity contribution < 1.29 is 4.79 Å². The van der Waals surface area contributed by atoms with Crippen molar-refractivity contribution in [2.24, 2.45) is 0 Å². The van der Waals surface area contributed by atoms with E-state index >= 15 is 0 Å². The Labute approximate surface area is 110 Å². The molecule has 0 aliphatic rings. The Balaban J connectivity index is 2.76. The average molecular weight is 304 g/mol. The van der Waals surface area contributed by atoms with E-state index in [2.05, 4.69) is 42.0 Å². The van der Waals surface area contributed by atoms with Gasteiger partial charge in [-0.3, -0.25) is 4.79 Å². The molecule has 0 saturated heterocycles. The number of halogens is 1. The zero-order valence-electron chi connectivity index (χ0n) is 9.97. The van der Waals surface area contributed by atoms with E-state index < -0.39 is 0 Å². The Morgan fingerprint density at radius 2 is 1.88 bits per heavy atom. The average Bonchev–Trinajstić information content (AvgIpc) is 2.73. The summed E-state index contributed by atoms with van der Waals surface area (Å²) in [5, 5.41) is 3.16. The third-order valence-corrected chi connectivity index (χ3v) is 4.83. The van der Waals surface area contributed by atoms with Crippen LogP contribution in [0.15, 0.2) is 15.9 Å². The summed E-state index contributed by atoms with van der Waals surface area (Å²) >= 11 is 4.84. The number of carbonyl (C=O) groups excluding carboxylic acids is 1. The predicted octanol–water partition coefficient (Wildman–Crippen LogP) is 4.21. The molecule has 0 unspecified atom stereocenters. The van der Waals surface area contributed by atoms with Crippen LogP contribution in [0, 0.1) is 0 Å². The predicted molar refractivity (Wildman–Crippen MR) is 73.1 cm³/mol. The van der Waals surface area contributed by atoms with Crippen LogP contribution in [-0.2, 0) is 0 Å². The van der Waals surface area contributed by atoms with E-state index in [0.717, 1.165) is 27.9 Å². The second-order valence-electron chi connectivity index (χ2n) is 3.90. The molecule has 1 heterocycles. The number of hydrogen-bond donors (Lipinski definition) is 1. The van der Waals surface area contributed by atoms with Crippen molar-refractivity contribution in [1.29, 1.82) is 0 Å². The molecule has 0 fully saturated rings. The second kappa shape index (κ2) is 5.82. The zero-order valence-corrected chi connectivity index (χ0v) is 12.4. The zero-order chi connectivity index (χ0) is 12.2. The van der Waals surface area contributed by atoms with Gasteiger partial charge in [-0.1, -0.05) is 20.8 Å². The first-order valence-corrected chi connectivity index (χ1v) is 7.25. The van der Waals surface area contributed by atoms with Gasteiger partial charge in [0, 0.05) is 5.54 Å². The lowest BCUT2D eigenvalue weighted by Gasteiger charge is -2.31. The fourth-order valence-corrected chi connectivity index (χ4v) is 3.04. The minimum absolute atomic E-state index is 0.0428. The highest BCUT2D eigenvalue weighted by Crippen LogP contribution is 2.24. The van der Waals surface area contributed by atoms with Gasteiger partial charge in [0.2, 0.25) is 0 Å². The molecule has 4 heteroatoms. The molecule has 0 saturated carbocycles. The van der Waals surface area contributed by atoms with E-state index in [1.54, 1.807) is 0 Å². The molecule has 1 N–H and O–H groups in total. The second-order valence-corrected chi connectivity index (χ2v) is 6.36. The summed E-state index contributed by atoms with van der Waals surface area (Å²) in [6.45, 7) is 6.37. The molecule has 0 bridgehead atoms. The Morgan fingerprint density at radius 1 is 1.31 bits per heavy atom. The highest BCUT2D eigenvalue weighted by atomic mass is 79.9. The van der Waals surface area contributed by atoms with Gasteiger partial charge in [-0.15, -0.1) is 11.3 Å². The topological polar surface area (TPSA) is 29.1 Å². The lowest BCUT2D eigenvalue weighted by Crippen LogP contribution is -2.46. The van der Waals surface area contributed by atoms with Gasteiger partial charge in [0.05, 0.1) is 8.66 Å². The highest BCUT2D eigenvalue weighted by molar-refractivity contribution is 9.11. The van der Waals surface area contributed by atoms with Gasteiger partial charge in [-0.05, 0) is 47.3 Å². The van der Waals surface area contributed by atoms with E-state index in [9.17, 15) is 4.79 Å². The molecular weight excluding hydrogens is 286 g/mol. The maximum Gasteiger partial charge on any atom is 0.261 e. The number of carbonyl (C=O) groups is 1. The van der Waals surface area contributed by atoms with Crippen molar-refractivity contribution in [2.75, 3.05) is 0 Å². The van der Waals surface area contributed by atoms with Gasteiger partial charge in [0.15, 0.2) is 0 Å². The molecule has 1 amide bonds. The number of nitrogens with one attached hydrogen (secondary N) is 1. The van der Waals surface area contributed by atoms with Crippen molar-refractivity contribution >= 4 is 33.2 Å². The molecule has 0 aromatic carbocycles. The monoisotopic (exact) mass is 303 g/mol. The molecule has 0 aliphatic heterocycles. The van der Waals surface area contributed by atoms with Crippen molar-refractivity contribution in [2.45, 2.75) is 45.6 Å². The number of rotatable bonds is 5. The van der Waals surface area contributed by atoms with Gasteiger partial charge in [-0.25, -0.2) is 0 Å². The van der Waals surface area contributed by atoms with Gasteiger partial charge in [0.25, 0.3) is 5.91 Å². The summed E-state index contributed by atoms with van der Waals surface area (Å²) in [5.41, 5.74) is -0.0481. The molecule has 1 rings (SSSR count). The minimum atomic E-state index is -0.0481. The van der Waals surface area contributed by atoms with E-state index in [1.807, 2.05) is 12.1 Å². The Kier molecular flexibility index (Phi) is 4.99. The van der Waals surface area contributed by atoms with Crippen molar-refractivity contribution in [3.05, 3.63) is 20.8 Å². The molecule has 1 aromatic heterocycles. The van der Waals surface area contributed by atoms with Crippen LogP contribution in [0.2, 0.25) is 0 Å². The molecule has 0 aliphatic carbocycles. The number of hydrogen-bond acceptors (Lipinski definition) is 2. The van der Waals surface area contributed by atoms with E-state index in [-0.39, 0.29) is 11.4 Å².